The number of aryl methyl sites for hydroxylation is 1. The highest BCUT2D eigenvalue weighted by Crippen LogP contribution is 2.38. The first-order valence-electron chi connectivity index (χ1n) is 8.74. The van der Waals surface area contributed by atoms with Crippen LogP contribution in [0.4, 0.5) is 0 Å². The zero-order valence-electron chi connectivity index (χ0n) is 13.8. The average molecular weight is 319 g/mol. The summed E-state index contributed by atoms with van der Waals surface area (Å²) >= 11 is 0. The Kier molecular flexibility index (Phi) is 3.93. The van der Waals surface area contributed by atoms with Crippen LogP contribution in [0.1, 0.15) is 48.2 Å². The highest BCUT2D eigenvalue weighted by atomic mass is 16.6. The van der Waals surface area contributed by atoms with E-state index in [-0.39, 0.29) is 17.6 Å². The molecule has 5 heteroatoms. The van der Waals surface area contributed by atoms with Crippen molar-refractivity contribution in [1.29, 1.82) is 0 Å². The van der Waals surface area contributed by atoms with E-state index in [1.54, 1.807) is 12.3 Å². The van der Waals surface area contributed by atoms with Crippen LogP contribution in [0, 0.1) is 12.8 Å². The van der Waals surface area contributed by atoms with Crippen molar-refractivity contribution < 1.29 is 18.7 Å². The van der Waals surface area contributed by atoms with Crippen molar-refractivity contribution in [3.63, 3.8) is 0 Å². The number of likely N-dealkylation sites (tertiary alicyclic amines) is 1. The van der Waals surface area contributed by atoms with Gasteiger partial charge in [0.25, 0.3) is 5.91 Å². The number of amides is 1. The number of furan rings is 1. The summed E-state index contributed by atoms with van der Waals surface area (Å²) in [6.45, 7) is 4.94. The summed E-state index contributed by atoms with van der Waals surface area (Å²) < 4.78 is 17.3. The molecule has 3 aliphatic rings. The smallest absolute Gasteiger partial charge is 0.257 e. The summed E-state index contributed by atoms with van der Waals surface area (Å²) in [5.74, 6) is 1.57. The molecule has 5 nitrogen and oxygen atoms in total. The number of piperidine rings is 1. The maximum atomic E-state index is 12.5. The Morgan fingerprint density at radius 2 is 2.17 bits per heavy atom. The molecule has 1 aromatic rings. The van der Waals surface area contributed by atoms with Crippen LogP contribution in [-0.2, 0) is 9.47 Å². The molecule has 1 aromatic heterocycles. The van der Waals surface area contributed by atoms with Crippen molar-refractivity contribution in [2.75, 3.05) is 26.3 Å². The molecular formula is C18H25NO4. The molecule has 3 fully saturated rings. The Balaban J connectivity index is 1.30. The van der Waals surface area contributed by atoms with Crippen molar-refractivity contribution in [2.24, 2.45) is 5.92 Å². The van der Waals surface area contributed by atoms with E-state index >= 15 is 0 Å². The zero-order valence-corrected chi connectivity index (χ0v) is 13.8. The topological polar surface area (TPSA) is 51.9 Å². The van der Waals surface area contributed by atoms with E-state index in [2.05, 4.69) is 0 Å². The molecule has 1 saturated carbocycles. The second-order valence-electron chi connectivity index (χ2n) is 7.28. The van der Waals surface area contributed by atoms with Crippen LogP contribution in [0.3, 0.4) is 0 Å². The van der Waals surface area contributed by atoms with Gasteiger partial charge in [0, 0.05) is 26.1 Å². The predicted molar refractivity (Wildman–Crippen MR) is 84.3 cm³/mol. The van der Waals surface area contributed by atoms with E-state index in [9.17, 15) is 4.79 Å². The standard InChI is InChI=1S/C18H25NO4/c1-13-16(4-9-21-13)17(20)19-7-5-18(6-8-19)10-15(12-23-18)22-11-14-2-3-14/h4,9,14-15H,2-3,5-8,10-12H2,1H3/t15-/m1/s1. The molecule has 0 N–H and O–H groups in total. The summed E-state index contributed by atoms with van der Waals surface area (Å²) in [6.07, 6.45) is 7.25. The molecule has 1 aliphatic carbocycles. The van der Waals surface area contributed by atoms with E-state index in [1.807, 2.05) is 11.8 Å². The molecule has 0 radical (unpaired) electrons. The minimum absolute atomic E-state index is 0.0730. The lowest BCUT2D eigenvalue weighted by atomic mass is 9.87. The Morgan fingerprint density at radius 1 is 1.39 bits per heavy atom. The first-order valence-corrected chi connectivity index (χ1v) is 8.74. The summed E-state index contributed by atoms with van der Waals surface area (Å²) in [5, 5.41) is 0. The van der Waals surface area contributed by atoms with Crippen LogP contribution >= 0.6 is 0 Å². The summed E-state index contributed by atoms with van der Waals surface area (Å²) in [4.78, 5) is 14.5. The lowest BCUT2D eigenvalue weighted by molar-refractivity contribution is -0.0410. The van der Waals surface area contributed by atoms with Crippen LogP contribution in [-0.4, -0.2) is 48.8 Å². The minimum Gasteiger partial charge on any atom is -0.469 e. The number of hydrogen-bond acceptors (Lipinski definition) is 4. The van der Waals surface area contributed by atoms with Crippen LogP contribution in [0.15, 0.2) is 16.7 Å². The van der Waals surface area contributed by atoms with Crippen molar-refractivity contribution >= 4 is 5.91 Å². The van der Waals surface area contributed by atoms with Gasteiger partial charge in [-0.2, -0.15) is 0 Å². The predicted octanol–water partition coefficient (Wildman–Crippen LogP) is 2.78. The van der Waals surface area contributed by atoms with E-state index in [0.29, 0.717) is 17.9 Å². The van der Waals surface area contributed by atoms with Gasteiger partial charge < -0.3 is 18.8 Å². The van der Waals surface area contributed by atoms with Crippen LogP contribution in [0.2, 0.25) is 0 Å². The zero-order chi connectivity index (χ0) is 15.9. The monoisotopic (exact) mass is 319 g/mol. The van der Waals surface area contributed by atoms with Gasteiger partial charge in [0.15, 0.2) is 0 Å². The van der Waals surface area contributed by atoms with Gasteiger partial charge in [-0.05, 0) is 44.6 Å². The van der Waals surface area contributed by atoms with Crippen molar-refractivity contribution in [1.82, 2.24) is 4.90 Å². The molecule has 2 saturated heterocycles. The average Bonchev–Trinajstić information content (AvgIpc) is 3.17. The molecule has 0 bridgehead atoms. The fraction of sp³-hybridized carbons (Fsp3) is 0.722. The minimum atomic E-state index is -0.0730. The molecule has 1 amide bonds. The van der Waals surface area contributed by atoms with Crippen molar-refractivity contribution in [3.8, 4) is 0 Å². The third kappa shape index (κ3) is 3.17. The lowest BCUT2D eigenvalue weighted by Gasteiger charge is -2.38. The van der Waals surface area contributed by atoms with Gasteiger partial charge in [-0.15, -0.1) is 0 Å². The normalized spacial score (nSPS) is 26.8. The Labute approximate surface area is 136 Å². The van der Waals surface area contributed by atoms with E-state index in [1.165, 1.54) is 12.8 Å². The van der Waals surface area contributed by atoms with E-state index in [0.717, 1.165) is 44.9 Å². The van der Waals surface area contributed by atoms with Crippen molar-refractivity contribution in [3.05, 3.63) is 23.7 Å². The first kappa shape index (κ1) is 15.2. The molecule has 0 unspecified atom stereocenters. The molecule has 4 rings (SSSR count). The number of carbonyl (C=O) groups is 1. The maximum absolute atomic E-state index is 12.5. The molecule has 0 aromatic carbocycles. The quantitative estimate of drug-likeness (QED) is 0.856. The fourth-order valence-electron chi connectivity index (χ4n) is 3.71. The van der Waals surface area contributed by atoms with Crippen molar-refractivity contribution in [2.45, 2.75) is 50.7 Å². The van der Waals surface area contributed by atoms with Gasteiger partial charge in [0.1, 0.15) is 5.76 Å². The molecule has 3 heterocycles. The Bertz CT molecular complexity index is 569. The molecule has 2 aliphatic heterocycles. The summed E-state index contributed by atoms with van der Waals surface area (Å²) in [7, 11) is 0. The second kappa shape index (κ2) is 5.95. The number of nitrogens with zero attached hydrogens (tertiary/aromatic N) is 1. The Morgan fingerprint density at radius 3 is 2.83 bits per heavy atom. The third-order valence-electron chi connectivity index (χ3n) is 5.49. The van der Waals surface area contributed by atoms with Gasteiger partial charge >= 0.3 is 0 Å². The highest BCUT2D eigenvalue weighted by molar-refractivity contribution is 5.95. The second-order valence-corrected chi connectivity index (χ2v) is 7.28. The number of hydrogen-bond donors (Lipinski definition) is 0. The molecule has 1 atom stereocenters. The SMILES string of the molecule is Cc1occc1C(=O)N1CCC2(CC1)C[C@@H](OCC1CC1)CO2. The van der Waals surface area contributed by atoms with E-state index in [4.69, 9.17) is 13.9 Å². The Hall–Kier alpha value is -1.33. The molecule has 1 spiro atoms. The maximum Gasteiger partial charge on any atom is 0.257 e. The summed E-state index contributed by atoms with van der Waals surface area (Å²) in [6, 6.07) is 1.76. The number of carbonyl (C=O) groups excluding carboxylic acids is 1. The van der Waals surface area contributed by atoms with Gasteiger partial charge in [-0.25, -0.2) is 0 Å². The fourth-order valence-corrected chi connectivity index (χ4v) is 3.71. The van der Waals surface area contributed by atoms with Gasteiger partial charge in [0.2, 0.25) is 0 Å². The van der Waals surface area contributed by atoms with E-state index < -0.39 is 0 Å². The molecule has 126 valence electrons. The number of ether oxygens (including phenoxy) is 2. The first-order chi connectivity index (χ1) is 11.2. The number of rotatable bonds is 4. The largest absolute Gasteiger partial charge is 0.469 e. The van der Waals surface area contributed by atoms with Gasteiger partial charge in [0.05, 0.1) is 30.1 Å². The van der Waals surface area contributed by atoms with Crippen LogP contribution < -0.4 is 0 Å². The van der Waals surface area contributed by atoms with Crippen LogP contribution in [0.5, 0.6) is 0 Å². The van der Waals surface area contributed by atoms with Gasteiger partial charge in [-0.3, -0.25) is 4.79 Å². The summed E-state index contributed by atoms with van der Waals surface area (Å²) in [5.41, 5.74) is 0.607. The van der Waals surface area contributed by atoms with Gasteiger partial charge in [-0.1, -0.05) is 0 Å². The molecule has 23 heavy (non-hydrogen) atoms. The highest BCUT2D eigenvalue weighted by Gasteiger charge is 2.44. The third-order valence-corrected chi connectivity index (χ3v) is 5.49. The molecular weight excluding hydrogens is 294 g/mol. The lowest BCUT2D eigenvalue weighted by Crippen LogP contribution is -2.46. The van der Waals surface area contributed by atoms with Crippen LogP contribution in [0.25, 0.3) is 0 Å².